The number of carbonyl (C=O) groups is 1. The maximum Gasteiger partial charge on any atom is 0.317 e. The molecule has 1 heterocycles. The summed E-state index contributed by atoms with van der Waals surface area (Å²) in [5, 5.41) is 8.51. The molecular weight excluding hydrogens is 192 g/mol. The summed E-state index contributed by atoms with van der Waals surface area (Å²) in [7, 11) is 1.77. The third-order valence-electron chi connectivity index (χ3n) is 1.61. The molecule has 0 saturated heterocycles. The molecule has 0 bridgehead atoms. The summed E-state index contributed by atoms with van der Waals surface area (Å²) in [6.45, 7) is 4.69. The molecule has 0 aliphatic heterocycles. The number of likely N-dealkylation sites (N-methyl/N-ethyl adjacent to an activating group) is 1. The van der Waals surface area contributed by atoms with E-state index in [9.17, 15) is 4.79 Å². The molecule has 0 fully saturated rings. The first-order valence-electron chi connectivity index (χ1n) is 4.97. The lowest BCUT2D eigenvalue weighted by molar-refractivity contribution is -0.138. The van der Waals surface area contributed by atoms with Gasteiger partial charge in [0.15, 0.2) is 0 Å². The first kappa shape index (κ1) is 13.6. The van der Waals surface area contributed by atoms with Crippen LogP contribution in [-0.4, -0.2) is 34.6 Å². The fraction of sp³-hybridized carbons (Fsp3) is 0.455. The Hall–Kier alpha value is -1.42. The number of nitrogens with zero attached hydrogens (tertiary/aromatic N) is 2. The highest BCUT2D eigenvalue weighted by Crippen LogP contribution is 1.99. The van der Waals surface area contributed by atoms with Crippen LogP contribution in [-0.2, 0) is 11.3 Å². The van der Waals surface area contributed by atoms with Gasteiger partial charge in [0.2, 0.25) is 0 Å². The summed E-state index contributed by atoms with van der Waals surface area (Å²) in [4.78, 5) is 16.0. The molecule has 0 radical (unpaired) electrons. The van der Waals surface area contributed by atoms with Crippen LogP contribution < -0.4 is 0 Å². The summed E-state index contributed by atoms with van der Waals surface area (Å²) in [5.41, 5.74) is 1.07. The summed E-state index contributed by atoms with van der Waals surface area (Å²) in [6.07, 6.45) is 3.40. The lowest BCUT2D eigenvalue weighted by Crippen LogP contribution is -2.25. The van der Waals surface area contributed by atoms with Gasteiger partial charge in [-0.05, 0) is 24.7 Å². The van der Waals surface area contributed by atoms with Gasteiger partial charge in [0.25, 0.3) is 0 Å². The number of carboxylic acid groups (broad SMARTS) is 1. The van der Waals surface area contributed by atoms with Crippen LogP contribution in [0.5, 0.6) is 0 Å². The first-order chi connectivity index (χ1) is 7.18. The molecule has 0 amide bonds. The van der Waals surface area contributed by atoms with Gasteiger partial charge in [0, 0.05) is 18.9 Å². The summed E-state index contributed by atoms with van der Waals surface area (Å²) in [6, 6.07) is 3.75. The number of pyridine rings is 1. The molecule has 0 spiro atoms. The van der Waals surface area contributed by atoms with Gasteiger partial charge in [-0.25, -0.2) is 0 Å². The zero-order chi connectivity index (χ0) is 11.7. The molecule has 0 aliphatic carbocycles. The van der Waals surface area contributed by atoms with Crippen molar-refractivity contribution in [3.05, 3.63) is 30.1 Å². The second-order valence-corrected chi connectivity index (χ2v) is 2.92. The topological polar surface area (TPSA) is 53.4 Å². The highest BCUT2D eigenvalue weighted by Gasteiger charge is 2.03. The van der Waals surface area contributed by atoms with E-state index in [2.05, 4.69) is 4.98 Å². The number of aliphatic carboxylic acids is 1. The standard InChI is InChI=1S/C9H12N2O2.C2H6/c1-11(7-9(12)13)6-8-2-4-10-5-3-8;1-2/h2-5H,6-7H2,1H3,(H,12,13);1-2H3. The molecular formula is C11H18N2O2. The number of hydrogen-bond donors (Lipinski definition) is 1. The Morgan fingerprint density at radius 1 is 1.40 bits per heavy atom. The van der Waals surface area contributed by atoms with Gasteiger partial charge in [-0.15, -0.1) is 0 Å². The predicted molar refractivity (Wildman–Crippen MR) is 59.6 cm³/mol. The molecule has 1 aromatic rings. The van der Waals surface area contributed by atoms with Gasteiger partial charge in [-0.2, -0.15) is 0 Å². The van der Waals surface area contributed by atoms with Crippen molar-refractivity contribution < 1.29 is 9.90 Å². The lowest BCUT2D eigenvalue weighted by atomic mass is 10.2. The van der Waals surface area contributed by atoms with Crippen LogP contribution in [0.25, 0.3) is 0 Å². The summed E-state index contributed by atoms with van der Waals surface area (Å²) in [5.74, 6) is -0.809. The second kappa shape index (κ2) is 7.94. The Morgan fingerprint density at radius 3 is 2.40 bits per heavy atom. The van der Waals surface area contributed by atoms with E-state index in [0.29, 0.717) is 6.54 Å². The second-order valence-electron chi connectivity index (χ2n) is 2.92. The van der Waals surface area contributed by atoms with Gasteiger partial charge >= 0.3 is 5.97 Å². The quantitative estimate of drug-likeness (QED) is 0.820. The van der Waals surface area contributed by atoms with Crippen molar-refractivity contribution in [2.45, 2.75) is 20.4 Å². The van der Waals surface area contributed by atoms with Crippen LogP contribution in [0.1, 0.15) is 19.4 Å². The molecule has 84 valence electrons. The average molecular weight is 210 g/mol. The van der Waals surface area contributed by atoms with Crippen LogP contribution in [0.3, 0.4) is 0 Å². The fourth-order valence-electron chi connectivity index (χ4n) is 1.09. The highest BCUT2D eigenvalue weighted by molar-refractivity contribution is 5.69. The van der Waals surface area contributed by atoms with Crippen LogP contribution in [0.4, 0.5) is 0 Å². The highest BCUT2D eigenvalue weighted by atomic mass is 16.4. The first-order valence-corrected chi connectivity index (χ1v) is 4.97. The molecule has 4 heteroatoms. The SMILES string of the molecule is CC.CN(CC(=O)O)Cc1ccncc1. The minimum absolute atomic E-state index is 0.0579. The zero-order valence-electron chi connectivity index (χ0n) is 9.47. The van der Waals surface area contributed by atoms with E-state index in [1.165, 1.54) is 0 Å². The van der Waals surface area contributed by atoms with E-state index in [-0.39, 0.29) is 6.54 Å². The van der Waals surface area contributed by atoms with Crippen LogP contribution >= 0.6 is 0 Å². The lowest BCUT2D eigenvalue weighted by Gasteiger charge is -2.13. The molecule has 1 N–H and O–H groups in total. The minimum Gasteiger partial charge on any atom is -0.480 e. The summed E-state index contributed by atoms with van der Waals surface area (Å²) < 4.78 is 0. The molecule has 0 aliphatic rings. The summed E-state index contributed by atoms with van der Waals surface area (Å²) >= 11 is 0. The van der Waals surface area contributed by atoms with Gasteiger partial charge < -0.3 is 5.11 Å². The van der Waals surface area contributed by atoms with Gasteiger partial charge in [0.1, 0.15) is 0 Å². The molecule has 1 aromatic heterocycles. The van der Waals surface area contributed by atoms with Crippen molar-refractivity contribution in [2.75, 3.05) is 13.6 Å². The Morgan fingerprint density at radius 2 is 1.93 bits per heavy atom. The van der Waals surface area contributed by atoms with Crippen molar-refractivity contribution in [3.8, 4) is 0 Å². The Balaban J connectivity index is 0.000000921. The van der Waals surface area contributed by atoms with E-state index >= 15 is 0 Å². The van der Waals surface area contributed by atoms with Crippen molar-refractivity contribution in [3.63, 3.8) is 0 Å². The van der Waals surface area contributed by atoms with Crippen LogP contribution in [0, 0.1) is 0 Å². The number of carboxylic acids is 1. The minimum atomic E-state index is -0.809. The Bertz CT molecular complexity index is 275. The third-order valence-corrected chi connectivity index (χ3v) is 1.61. The molecule has 1 rings (SSSR count). The van der Waals surface area contributed by atoms with Crippen molar-refractivity contribution in [1.82, 2.24) is 9.88 Å². The van der Waals surface area contributed by atoms with Crippen molar-refractivity contribution in [1.29, 1.82) is 0 Å². The number of rotatable bonds is 4. The Kier molecular flexibility index (Phi) is 7.18. The van der Waals surface area contributed by atoms with E-state index < -0.39 is 5.97 Å². The maximum absolute atomic E-state index is 10.3. The molecule has 0 saturated carbocycles. The fourth-order valence-corrected chi connectivity index (χ4v) is 1.09. The van der Waals surface area contributed by atoms with Crippen LogP contribution in [0.15, 0.2) is 24.5 Å². The molecule has 0 unspecified atom stereocenters. The smallest absolute Gasteiger partial charge is 0.317 e. The Labute approximate surface area is 90.6 Å². The van der Waals surface area contributed by atoms with E-state index in [0.717, 1.165) is 5.56 Å². The third kappa shape index (κ3) is 6.62. The monoisotopic (exact) mass is 210 g/mol. The van der Waals surface area contributed by atoms with Crippen molar-refractivity contribution in [2.24, 2.45) is 0 Å². The van der Waals surface area contributed by atoms with Gasteiger partial charge in [-0.3, -0.25) is 14.7 Å². The zero-order valence-corrected chi connectivity index (χ0v) is 9.47. The van der Waals surface area contributed by atoms with E-state index in [4.69, 9.17) is 5.11 Å². The maximum atomic E-state index is 10.3. The van der Waals surface area contributed by atoms with Gasteiger partial charge in [0.05, 0.1) is 6.54 Å². The van der Waals surface area contributed by atoms with E-state index in [1.807, 2.05) is 26.0 Å². The average Bonchev–Trinajstić information content (AvgIpc) is 2.21. The largest absolute Gasteiger partial charge is 0.480 e. The van der Waals surface area contributed by atoms with E-state index in [1.54, 1.807) is 24.3 Å². The molecule has 4 nitrogen and oxygen atoms in total. The number of aromatic nitrogens is 1. The van der Waals surface area contributed by atoms with Crippen molar-refractivity contribution >= 4 is 5.97 Å². The normalized spacial score (nSPS) is 9.33. The molecule has 15 heavy (non-hydrogen) atoms. The van der Waals surface area contributed by atoms with Gasteiger partial charge in [-0.1, -0.05) is 13.8 Å². The predicted octanol–water partition coefficient (Wildman–Crippen LogP) is 1.62. The molecule has 0 atom stereocenters. The number of hydrogen-bond acceptors (Lipinski definition) is 3. The molecule has 0 aromatic carbocycles. The van der Waals surface area contributed by atoms with Crippen LogP contribution in [0.2, 0.25) is 0 Å².